The third-order valence-corrected chi connectivity index (χ3v) is 6.83. The van der Waals surface area contributed by atoms with Gasteiger partial charge in [0, 0.05) is 35.5 Å². The predicted octanol–water partition coefficient (Wildman–Crippen LogP) is 6.11. The van der Waals surface area contributed by atoms with Gasteiger partial charge >= 0.3 is 0 Å². The molecule has 0 aliphatic carbocycles. The highest BCUT2D eigenvalue weighted by Crippen LogP contribution is 2.26. The molecule has 0 amide bonds. The molecule has 2 aromatic carbocycles. The molecule has 2 aromatic heterocycles. The normalized spacial score (nSPS) is 14.5. The number of aromatic nitrogens is 4. The van der Waals surface area contributed by atoms with E-state index < -0.39 is 0 Å². The maximum Gasteiger partial charge on any atom is 0.190 e. The summed E-state index contributed by atoms with van der Waals surface area (Å²) in [5.41, 5.74) is 4.33. The van der Waals surface area contributed by atoms with Crippen molar-refractivity contribution in [3.8, 4) is 22.6 Å². The van der Waals surface area contributed by atoms with Crippen LogP contribution in [0.2, 0.25) is 5.02 Å². The fourth-order valence-corrected chi connectivity index (χ4v) is 5.19. The molecule has 0 atom stereocenters. The Morgan fingerprint density at radius 1 is 0.968 bits per heavy atom. The van der Waals surface area contributed by atoms with Crippen molar-refractivity contribution in [3.05, 3.63) is 69.6 Å². The van der Waals surface area contributed by atoms with Crippen LogP contribution < -0.4 is 4.80 Å². The summed E-state index contributed by atoms with van der Waals surface area (Å²) in [6, 6.07) is 16.3. The average Bonchev–Trinajstić information content (AvgIpc) is 3.31. The molecule has 3 heterocycles. The topological polar surface area (TPSA) is 48.0 Å². The van der Waals surface area contributed by atoms with Crippen molar-refractivity contribution in [1.82, 2.24) is 19.3 Å². The molecule has 0 bridgehead atoms. The fourth-order valence-electron chi connectivity index (χ4n) is 4.07. The number of rotatable bonds is 4. The monoisotopic (exact) mass is 449 g/mol. The molecule has 5 rings (SSSR count). The van der Waals surface area contributed by atoms with Gasteiger partial charge in [0.15, 0.2) is 10.6 Å². The highest BCUT2D eigenvalue weighted by atomic mass is 35.5. The van der Waals surface area contributed by atoms with Crippen molar-refractivity contribution >= 4 is 28.6 Å². The van der Waals surface area contributed by atoms with Gasteiger partial charge < -0.3 is 9.13 Å². The number of thiazole rings is 1. The van der Waals surface area contributed by atoms with E-state index in [1.54, 1.807) is 11.3 Å². The first-order valence-electron chi connectivity index (χ1n) is 10.7. The molecule has 4 aromatic rings. The minimum Gasteiger partial charge on any atom is -0.317 e. The Kier molecular flexibility index (Phi) is 5.74. The lowest BCUT2D eigenvalue weighted by molar-refractivity contribution is 0.636. The van der Waals surface area contributed by atoms with Crippen molar-refractivity contribution < 1.29 is 0 Å². The highest BCUT2D eigenvalue weighted by Gasteiger charge is 2.16. The van der Waals surface area contributed by atoms with E-state index in [1.807, 2.05) is 12.1 Å². The van der Waals surface area contributed by atoms with Crippen LogP contribution in [0.4, 0.5) is 5.69 Å². The van der Waals surface area contributed by atoms with Crippen LogP contribution in [0, 0.1) is 0 Å². The molecular formula is C24H24ClN5S. The molecule has 0 saturated heterocycles. The van der Waals surface area contributed by atoms with Crippen LogP contribution in [0.15, 0.2) is 58.9 Å². The molecule has 31 heavy (non-hydrogen) atoms. The van der Waals surface area contributed by atoms with Crippen molar-refractivity contribution in [2.24, 2.45) is 4.99 Å². The molecule has 0 unspecified atom stereocenters. The maximum atomic E-state index is 6.05. The van der Waals surface area contributed by atoms with E-state index in [4.69, 9.17) is 16.6 Å². The Balaban J connectivity index is 1.46. The summed E-state index contributed by atoms with van der Waals surface area (Å²) in [5.74, 6) is 2.08. The first kappa shape index (κ1) is 20.2. The van der Waals surface area contributed by atoms with Gasteiger partial charge in [-0.05, 0) is 61.7 Å². The summed E-state index contributed by atoms with van der Waals surface area (Å²) >= 11 is 7.70. The quantitative estimate of drug-likeness (QED) is 0.377. The molecule has 158 valence electrons. The van der Waals surface area contributed by atoms with Gasteiger partial charge in [-0.2, -0.15) is 0 Å². The standard InChI is InChI=1S/C24H24ClN5S/c1-2-29-21(17-7-11-19(25)12-8-17)16-31-24(29)26-20-13-9-18(10-14-20)23-28-27-22-6-4-3-5-15-30(22)23/h7-14,16H,2-6,15H2,1H3. The second-order valence-corrected chi connectivity index (χ2v) is 8.99. The highest BCUT2D eigenvalue weighted by molar-refractivity contribution is 7.07. The molecule has 0 spiro atoms. The maximum absolute atomic E-state index is 6.05. The van der Waals surface area contributed by atoms with Gasteiger partial charge in [0.25, 0.3) is 0 Å². The molecule has 0 N–H and O–H groups in total. The molecule has 1 aliphatic heterocycles. The first-order chi connectivity index (χ1) is 15.2. The van der Waals surface area contributed by atoms with Crippen LogP contribution >= 0.6 is 22.9 Å². The Morgan fingerprint density at radius 2 is 1.74 bits per heavy atom. The molecule has 5 nitrogen and oxygen atoms in total. The summed E-state index contributed by atoms with van der Waals surface area (Å²) in [5, 5.41) is 11.8. The largest absolute Gasteiger partial charge is 0.317 e. The van der Waals surface area contributed by atoms with E-state index in [-0.39, 0.29) is 0 Å². The number of aryl methyl sites for hydroxylation is 1. The predicted molar refractivity (Wildman–Crippen MR) is 127 cm³/mol. The van der Waals surface area contributed by atoms with Crippen LogP contribution in [0.1, 0.15) is 32.0 Å². The zero-order chi connectivity index (χ0) is 21.2. The van der Waals surface area contributed by atoms with Crippen LogP contribution in [0.3, 0.4) is 0 Å². The molecule has 1 aliphatic rings. The van der Waals surface area contributed by atoms with E-state index >= 15 is 0 Å². The molecule has 0 saturated carbocycles. The minimum absolute atomic E-state index is 0.747. The van der Waals surface area contributed by atoms with E-state index in [9.17, 15) is 0 Å². The number of hydrogen-bond acceptors (Lipinski definition) is 4. The number of benzene rings is 2. The zero-order valence-corrected chi connectivity index (χ0v) is 19.0. The van der Waals surface area contributed by atoms with Crippen LogP contribution in [-0.2, 0) is 19.5 Å². The lowest BCUT2D eigenvalue weighted by Gasteiger charge is -2.07. The number of nitrogens with zero attached hydrogens (tertiary/aromatic N) is 5. The lowest BCUT2D eigenvalue weighted by Crippen LogP contribution is -2.14. The van der Waals surface area contributed by atoms with Gasteiger partial charge in [-0.15, -0.1) is 21.5 Å². The van der Waals surface area contributed by atoms with Gasteiger partial charge in [0.2, 0.25) is 0 Å². The van der Waals surface area contributed by atoms with E-state index in [1.165, 1.54) is 19.3 Å². The summed E-state index contributed by atoms with van der Waals surface area (Å²) < 4.78 is 4.52. The third-order valence-electron chi connectivity index (χ3n) is 5.71. The average molecular weight is 450 g/mol. The molecule has 0 radical (unpaired) electrons. The lowest BCUT2D eigenvalue weighted by atomic mass is 10.2. The Morgan fingerprint density at radius 3 is 2.52 bits per heavy atom. The fraction of sp³-hybridized carbons (Fsp3) is 0.292. The first-order valence-corrected chi connectivity index (χ1v) is 12.0. The Bertz CT molecular complexity index is 1250. The van der Waals surface area contributed by atoms with Crippen molar-refractivity contribution in [2.75, 3.05) is 0 Å². The van der Waals surface area contributed by atoms with Gasteiger partial charge in [-0.1, -0.05) is 30.2 Å². The molecule has 7 heteroatoms. The van der Waals surface area contributed by atoms with Gasteiger partial charge in [-0.3, -0.25) is 0 Å². The zero-order valence-electron chi connectivity index (χ0n) is 17.5. The van der Waals surface area contributed by atoms with Crippen molar-refractivity contribution in [3.63, 3.8) is 0 Å². The second-order valence-electron chi connectivity index (χ2n) is 7.72. The van der Waals surface area contributed by atoms with Crippen LogP contribution in [0.25, 0.3) is 22.6 Å². The Hall–Kier alpha value is -2.70. The number of fused-ring (bicyclic) bond motifs is 1. The number of halogens is 1. The summed E-state index contributed by atoms with van der Waals surface area (Å²) in [4.78, 5) is 5.90. The number of hydrogen-bond donors (Lipinski definition) is 0. The van der Waals surface area contributed by atoms with Crippen LogP contribution in [-0.4, -0.2) is 19.3 Å². The second kappa shape index (κ2) is 8.81. The van der Waals surface area contributed by atoms with Gasteiger partial charge in [-0.25, -0.2) is 4.99 Å². The van der Waals surface area contributed by atoms with Crippen molar-refractivity contribution in [2.45, 2.75) is 45.7 Å². The summed E-state index contributed by atoms with van der Waals surface area (Å²) in [6.07, 6.45) is 4.67. The Labute approximate surface area is 190 Å². The van der Waals surface area contributed by atoms with Gasteiger partial charge in [0.1, 0.15) is 5.82 Å². The van der Waals surface area contributed by atoms with Crippen molar-refractivity contribution in [1.29, 1.82) is 0 Å². The summed E-state index contributed by atoms with van der Waals surface area (Å²) in [7, 11) is 0. The van der Waals surface area contributed by atoms with E-state index in [0.717, 1.165) is 63.5 Å². The SMILES string of the molecule is CCn1c(-c2ccc(Cl)cc2)csc1=Nc1ccc(-c2nnc3n2CCCCC3)cc1. The molecular weight excluding hydrogens is 426 g/mol. The minimum atomic E-state index is 0.747. The van der Waals surface area contributed by atoms with E-state index in [0.29, 0.717) is 0 Å². The van der Waals surface area contributed by atoms with E-state index in [2.05, 4.69) is 68.0 Å². The molecule has 0 fully saturated rings. The summed E-state index contributed by atoms with van der Waals surface area (Å²) in [6.45, 7) is 4.00. The third kappa shape index (κ3) is 4.10. The van der Waals surface area contributed by atoms with Gasteiger partial charge in [0.05, 0.1) is 11.4 Å². The smallest absolute Gasteiger partial charge is 0.190 e. The van der Waals surface area contributed by atoms with Crippen LogP contribution in [0.5, 0.6) is 0 Å².